The average molecular weight is 303 g/mol. The Morgan fingerprint density at radius 3 is 2.65 bits per heavy atom. The van der Waals surface area contributed by atoms with Gasteiger partial charge in [-0.2, -0.15) is 11.8 Å². The Labute approximate surface area is 122 Å². The van der Waals surface area contributed by atoms with Crippen LogP contribution in [0.1, 0.15) is 13.8 Å². The first-order chi connectivity index (χ1) is 9.51. The van der Waals surface area contributed by atoms with Gasteiger partial charge in [0.1, 0.15) is 12.6 Å². The van der Waals surface area contributed by atoms with Crippen molar-refractivity contribution in [1.29, 1.82) is 0 Å². The summed E-state index contributed by atoms with van der Waals surface area (Å²) in [6, 6.07) is -1.20. The lowest BCUT2D eigenvalue weighted by Crippen LogP contribution is -2.56. The number of carbonyl (C=O) groups is 3. The molecule has 0 saturated carbocycles. The average Bonchev–Trinajstić information content (AvgIpc) is 2.44. The Bertz CT molecular complexity index is 378. The van der Waals surface area contributed by atoms with Crippen LogP contribution in [-0.2, 0) is 9.59 Å². The minimum Gasteiger partial charge on any atom is -0.480 e. The van der Waals surface area contributed by atoms with Gasteiger partial charge in [0.15, 0.2) is 0 Å². The fraction of sp³-hybridized carbons (Fsp3) is 0.750. The highest BCUT2D eigenvalue weighted by Crippen LogP contribution is 2.18. The number of rotatable bonds is 5. The second-order valence-electron chi connectivity index (χ2n) is 4.37. The molecule has 1 saturated heterocycles. The van der Waals surface area contributed by atoms with Gasteiger partial charge in [-0.3, -0.25) is 4.79 Å². The van der Waals surface area contributed by atoms with E-state index < -0.39 is 12.0 Å². The number of nitrogens with zero attached hydrogens (tertiary/aromatic N) is 2. The van der Waals surface area contributed by atoms with Crippen LogP contribution in [0.15, 0.2) is 0 Å². The predicted octanol–water partition coefficient (Wildman–Crippen LogP) is 0.0664. The molecule has 2 N–H and O–H groups in total. The first kappa shape index (κ1) is 16.6. The van der Waals surface area contributed by atoms with E-state index in [0.717, 1.165) is 0 Å². The predicted molar refractivity (Wildman–Crippen MR) is 76.8 cm³/mol. The lowest BCUT2D eigenvalue weighted by atomic mass is 10.3. The third-order valence-electron chi connectivity index (χ3n) is 3.02. The van der Waals surface area contributed by atoms with Crippen LogP contribution in [0.2, 0.25) is 0 Å². The van der Waals surface area contributed by atoms with Crippen LogP contribution < -0.4 is 5.32 Å². The Hall–Kier alpha value is -1.44. The van der Waals surface area contributed by atoms with Crippen molar-refractivity contribution in [3.8, 4) is 0 Å². The highest BCUT2D eigenvalue weighted by Gasteiger charge is 2.34. The summed E-state index contributed by atoms with van der Waals surface area (Å²) in [6.45, 7) is 4.80. The van der Waals surface area contributed by atoms with E-state index in [1.807, 2.05) is 0 Å². The van der Waals surface area contributed by atoms with E-state index in [4.69, 9.17) is 0 Å². The molecule has 1 atom stereocenters. The molecule has 0 aromatic carbocycles. The molecule has 0 radical (unpaired) electrons. The SMILES string of the molecule is CCNC(=O)CN(CC)C(=O)N1CCSCC1C(=O)O. The van der Waals surface area contributed by atoms with Gasteiger partial charge in [0, 0.05) is 31.1 Å². The third kappa shape index (κ3) is 4.29. The van der Waals surface area contributed by atoms with Gasteiger partial charge in [0.25, 0.3) is 0 Å². The highest BCUT2D eigenvalue weighted by molar-refractivity contribution is 7.99. The van der Waals surface area contributed by atoms with Gasteiger partial charge < -0.3 is 20.2 Å². The summed E-state index contributed by atoms with van der Waals surface area (Å²) in [7, 11) is 0. The van der Waals surface area contributed by atoms with Crippen LogP contribution in [0.4, 0.5) is 4.79 Å². The van der Waals surface area contributed by atoms with E-state index in [9.17, 15) is 19.5 Å². The Morgan fingerprint density at radius 2 is 2.10 bits per heavy atom. The van der Waals surface area contributed by atoms with E-state index in [1.54, 1.807) is 13.8 Å². The smallest absolute Gasteiger partial charge is 0.327 e. The Morgan fingerprint density at radius 1 is 1.40 bits per heavy atom. The topological polar surface area (TPSA) is 90.0 Å². The summed E-state index contributed by atoms with van der Waals surface area (Å²) in [5.41, 5.74) is 0. The molecule has 1 heterocycles. The molecule has 8 heteroatoms. The zero-order chi connectivity index (χ0) is 15.1. The molecule has 0 aromatic heterocycles. The van der Waals surface area contributed by atoms with Crippen molar-refractivity contribution in [3.05, 3.63) is 0 Å². The summed E-state index contributed by atoms with van der Waals surface area (Å²) < 4.78 is 0. The minimum absolute atomic E-state index is 0.0425. The van der Waals surface area contributed by atoms with E-state index in [2.05, 4.69) is 5.32 Å². The highest BCUT2D eigenvalue weighted by atomic mass is 32.2. The van der Waals surface area contributed by atoms with E-state index in [0.29, 0.717) is 31.1 Å². The molecule has 0 aliphatic carbocycles. The largest absolute Gasteiger partial charge is 0.480 e. The van der Waals surface area contributed by atoms with Gasteiger partial charge in [-0.1, -0.05) is 0 Å². The maximum absolute atomic E-state index is 12.4. The number of likely N-dealkylation sites (N-methyl/N-ethyl adjacent to an activating group) is 2. The molecule has 0 bridgehead atoms. The van der Waals surface area contributed by atoms with Gasteiger partial charge >= 0.3 is 12.0 Å². The molecule has 1 unspecified atom stereocenters. The molecule has 114 valence electrons. The van der Waals surface area contributed by atoms with Crippen molar-refractivity contribution >= 4 is 29.7 Å². The van der Waals surface area contributed by atoms with Gasteiger partial charge in [0.2, 0.25) is 5.91 Å². The van der Waals surface area contributed by atoms with Crippen LogP contribution in [-0.4, -0.2) is 76.5 Å². The normalized spacial score (nSPS) is 18.5. The molecule has 1 fully saturated rings. The number of carboxylic acid groups (broad SMARTS) is 1. The molecule has 0 spiro atoms. The fourth-order valence-electron chi connectivity index (χ4n) is 1.96. The molecular weight excluding hydrogens is 282 g/mol. The Balaban J connectivity index is 2.72. The lowest BCUT2D eigenvalue weighted by Gasteiger charge is -2.36. The third-order valence-corrected chi connectivity index (χ3v) is 4.04. The van der Waals surface area contributed by atoms with E-state index in [1.165, 1.54) is 21.6 Å². The van der Waals surface area contributed by atoms with Crippen LogP contribution in [0.25, 0.3) is 0 Å². The summed E-state index contributed by atoms with van der Waals surface area (Å²) in [5, 5.41) is 11.8. The lowest BCUT2D eigenvalue weighted by molar-refractivity contribution is -0.141. The maximum atomic E-state index is 12.4. The first-order valence-electron chi connectivity index (χ1n) is 6.64. The van der Waals surface area contributed by atoms with Crippen molar-refractivity contribution in [1.82, 2.24) is 15.1 Å². The molecule has 1 aliphatic heterocycles. The molecular formula is C12H21N3O4S. The number of nitrogens with one attached hydrogen (secondary N) is 1. The van der Waals surface area contributed by atoms with Crippen molar-refractivity contribution in [2.45, 2.75) is 19.9 Å². The quantitative estimate of drug-likeness (QED) is 0.750. The number of amides is 3. The summed E-state index contributed by atoms with van der Waals surface area (Å²) in [4.78, 5) is 37.9. The van der Waals surface area contributed by atoms with E-state index >= 15 is 0 Å². The van der Waals surface area contributed by atoms with Crippen LogP contribution >= 0.6 is 11.8 Å². The number of thioether (sulfide) groups is 1. The summed E-state index contributed by atoms with van der Waals surface area (Å²) in [6.07, 6.45) is 0. The number of aliphatic carboxylic acids is 1. The van der Waals surface area contributed by atoms with Crippen LogP contribution in [0.5, 0.6) is 0 Å². The maximum Gasteiger partial charge on any atom is 0.327 e. The van der Waals surface area contributed by atoms with Crippen molar-refractivity contribution < 1.29 is 19.5 Å². The standard InChI is InChI=1S/C12H21N3O4S/c1-3-13-10(16)7-14(4-2)12(19)15-5-6-20-8-9(15)11(17)18/h9H,3-8H2,1-2H3,(H,13,16)(H,17,18). The number of hydrogen-bond acceptors (Lipinski definition) is 4. The molecule has 0 aromatic rings. The molecule has 1 aliphatic rings. The van der Waals surface area contributed by atoms with Gasteiger partial charge in [-0.25, -0.2) is 9.59 Å². The number of carbonyl (C=O) groups excluding carboxylic acids is 2. The van der Waals surface area contributed by atoms with Gasteiger partial charge in [-0.15, -0.1) is 0 Å². The Kier molecular flexibility index (Phi) is 6.63. The number of urea groups is 1. The zero-order valence-electron chi connectivity index (χ0n) is 11.8. The number of carboxylic acids is 1. The van der Waals surface area contributed by atoms with Crippen molar-refractivity contribution in [2.75, 3.05) is 37.7 Å². The zero-order valence-corrected chi connectivity index (χ0v) is 12.6. The van der Waals surface area contributed by atoms with Gasteiger partial charge in [-0.05, 0) is 13.8 Å². The molecule has 1 rings (SSSR count). The monoisotopic (exact) mass is 303 g/mol. The van der Waals surface area contributed by atoms with Crippen molar-refractivity contribution in [3.63, 3.8) is 0 Å². The summed E-state index contributed by atoms with van der Waals surface area (Å²) in [5.74, 6) is -0.130. The number of hydrogen-bond donors (Lipinski definition) is 2. The summed E-state index contributed by atoms with van der Waals surface area (Å²) >= 11 is 1.52. The molecule has 20 heavy (non-hydrogen) atoms. The minimum atomic E-state index is -1.00. The second kappa shape index (κ2) is 7.98. The first-order valence-corrected chi connectivity index (χ1v) is 7.79. The van der Waals surface area contributed by atoms with Crippen molar-refractivity contribution in [2.24, 2.45) is 0 Å². The second-order valence-corrected chi connectivity index (χ2v) is 5.52. The van der Waals surface area contributed by atoms with Crippen LogP contribution in [0, 0.1) is 0 Å². The van der Waals surface area contributed by atoms with E-state index in [-0.39, 0.29) is 18.5 Å². The van der Waals surface area contributed by atoms with Crippen LogP contribution in [0.3, 0.4) is 0 Å². The van der Waals surface area contributed by atoms with Gasteiger partial charge in [0.05, 0.1) is 0 Å². The molecule has 3 amide bonds. The fourth-order valence-corrected chi connectivity index (χ4v) is 3.00. The molecule has 7 nitrogen and oxygen atoms in total.